The molecule has 0 aromatic rings. The summed E-state index contributed by atoms with van der Waals surface area (Å²) in [7, 11) is 0. The largest absolute Gasteiger partial charge is 0.325 e. The minimum Gasteiger partial charge on any atom is -0.325 e. The molecule has 5 rings (SSSR count). The van der Waals surface area contributed by atoms with E-state index >= 15 is 0 Å². The van der Waals surface area contributed by atoms with Crippen molar-refractivity contribution in [1.29, 1.82) is 0 Å². The van der Waals surface area contributed by atoms with Crippen LogP contribution in [0.4, 0.5) is 0 Å². The Balaban J connectivity index is 1.84. The molecular formula is C6H8N2O4. The van der Waals surface area contributed by atoms with Crippen LogP contribution in [0.15, 0.2) is 0 Å². The summed E-state index contributed by atoms with van der Waals surface area (Å²) in [5.41, 5.74) is 0. The molecule has 6 heteroatoms. The van der Waals surface area contributed by atoms with Crippen molar-refractivity contribution in [3.63, 3.8) is 0 Å². The predicted octanol–water partition coefficient (Wildman–Crippen LogP) is -1.76. The average molecular weight is 172 g/mol. The van der Waals surface area contributed by atoms with Gasteiger partial charge in [0, 0.05) is 0 Å². The van der Waals surface area contributed by atoms with Gasteiger partial charge in [0.05, 0.1) is 0 Å². The first-order valence-corrected chi connectivity index (χ1v) is 4.04. The molecule has 0 aromatic heterocycles. The maximum absolute atomic E-state index is 5.46. The highest BCUT2D eigenvalue weighted by molar-refractivity contribution is 4.93. The molecule has 0 spiro atoms. The van der Waals surface area contributed by atoms with E-state index in [0.717, 1.165) is 0 Å². The molecule has 0 amide bonds. The molecule has 5 aliphatic heterocycles. The summed E-state index contributed by atoms with van der Waals surface area (Å²) in [6.45, 7) is 0. The fourth-order valence-electron chi connectivity index (χ4n) is 2.01. The summed E-state index contributed by atoms with van der Waals surface area (Å²) in [6.07, 6.45) is -1.12. The molecule has 4 unspecified atom stereocenters. The Hall–Kier alpha value is -0.240. The zero-order valence-corrected chi connectivity index (χ0v) is 6.10. The van der Waals surface area contributed by atoms with Gasteiger partial charge in [0.2, 0.25) is 12.6 Å². The molecule has 5 saturated heterocycles. The fourth-order valence-corrected chi connectivity index (χ4v) is 2.01. The monoisotopic (exact) mass is 172 g/mol. The SMILES string of the molecule is N1C2OC3OC2NC2OC3OC12. The van der Waals surface area contributed by atoms with Gasteiger partial charge in [0.15, 0.2) is 24.9 Å². The van der Waals surface area contributed by atoms with E-state index in [2.05, 4.69) is 10.6 Å². The number of hydrogen-bond acceptors (Lipinski definition) is 6. The van der Waals surface area contributed by atoms with Crippen molar-refractivity contribution in [2.75, 3.05) is 0 Å². The lowest BCUT2D eigenvalue weighted by Crippen LogP contribution is -2.63. The van der Waals surface area contributed by atoms with Crippen molar-refractivity contribution in [3.8, 4) is 0 Å². The van der Waals surface area contributed by atoms with Crippen LogP contribution in [0.1, 0.15) is 0 Å². The Morgan fingerprint density at radius 3 is 1.25 bits per heavy atom. The molecule has 4 atom stereocenters. The fraction of sp³-hybridized carbons (Fsp3) is 1.00. The smallest absolute Gasteiger partial charge is 0.213 e. The van der Waals surface area contributed by atoms with Gasteiger partial charge in [0.25, 0.3) is 0 Å². The van der Waals surface area contributed by atoms with Crippen LogP contribution < -0.4 is 10.6 Å². The van der Waals surface area contributed by atoms with Crippen LogP contribution in [0.3, 0.4) is 0 Å². The van der Waals surface area contributed by atoms with E-state index in [-0.39, 0.29) is 37.5 Å². The molecule has 0 radical (unpaired) electrons. The van der Waals surface area contributed by atoms with Crippen molar-refractivity contribution in [3.05, 3.63) is 0 Å². The summed E-state index contributed by atoms with van der Waals surface area (Å²) >= 11 is 0. The van der Waals surface area contributed by atoms with Crippen molar-refractivity contribution in [2.24, 2.45) is 0 Å². The van der Waals surface area contributed by atoms with Crippen molar-refractivity contribution in [1.82, 2.24) is 10.6 Å². The van der Waals surface area contributed by atoms with Gasteiger partial charge in [-0.2, -0.15) is 0 Å². The standard InChI is InChI=1S/C6H8N2O4/c7-1-2-8-4-3(7)11-6(12-4)5(9-1)10-2/h1-8H. The van der Waals surface area contributed by atoms with Gasteiger partial charge < -0.3 is 18.9 Å². The molecular weight excluding hydrogens is 164 g/mol. The van der Waals surface area contributed by atoms with Crippen molar-refractivity contribution in [2.45, 2.75) is 37.5 Å². The molecule has 6 nitrogen and oxygen atoms in total. The van der Waals surface area contributed by atoms with Crippen molar-refractivity contribution < 1.29 is 18.9 Å². The van der Waals surface area contributed by atoms with E-state index in [0.29, 0.717) is 0 Å². The molecule has 5 aliphatic rings. The van der Waals surface area contributed by atoms with E-state index < -0.39 is 0 Å². The lowest BCUT2D eigenvalue weighted by Gasteiger charge is -2.32. The molecule has 5 heterocycles. The van der Waals surface area contributed by atoms with E-state index in [4.69, 9.17) is 18.9 Å². The summed E-state index contributed by atoms with van der Waals surface area (Å²) in [4.78, 5) is 0. The Labute approximate surface area is 68.1 Å². The summed E-state index contributed by atoms with van der Waals surface area (Å²) < 4.78 is 21.8. The first kappa shape index (κ1) is 6.25. The second-order valence-electron chi connectivity index (χ2n) is 3.30. The topological polar surface area (TPSA) is 61.0 Å². The number of ether oxygens (including phenoxy) is 4. The van der Waals surface area contributed by atoms with Crippen LogP contribution >= 0.6 is 0 Å². The molecule has 0 aliphatic carbocycles. The first-order valence-electron chi connectivity index (χ1n) is 4.04. The van der Waals surface area contributed by atoms with Gasteiger partial charge in [-0.05, 0) is 0 Å². The van der Waals surface area contributed by atoms with Gasteiger partial charge in [-0.25, -0.2) is 0 Å². The molecule has 0 aromatic carbocycles. The Morgan fingerprint density at radius 2 is 0.917 bits per heavy atom. The summed E-state index contributed by atoms with van der Waals surface area (Å²) in [6, 6.07) is 0. The maximum Gasteiger partial charge on any atom is 0.213 e. The quantitative estimate of drug-likeness (QED) is 0.451. The molecule has 5 fully saturated rings. The lowest BCUT2D eigenvalue weighted by molar-refractivity contribution is -0.202. The third-order valence-corrected chi connectivity index (χ3v) is 2.55. The van der Waals surface area contributed by atoms with E-state index in [1.54, 1.807) is 0 Å². The Morgan fingerprint density at radius 1 is 0.583 bits per heavy atom. The van der Waals surface area contributed by atoms with Gasteiger partial charge >= 0.3 is 0 Å². The number of hydrogen-bond donors (Lipinski definition) is 2. The number of piperazine rings is 1. The highest BCUT2D eigenvalue weighted by atomic mass is 16.8. The minimum absolute atomic E-state index is 0.0925. The van der Waals surface area contributed by atoms with E-state index in [9.17, 15) is 0 Å². The second kappa shape index (κ2) is 1.82. The molecule has 12 heavy (non-hydrogen) atoms. The zero-order chi connectivity index (χ0) is 7.71. The van der Waals surface area contributed by atoms with Crippen LogP contribution in [0.2, 0.25) is 0 Å². The first-order chi connectivity index (χ1) is 5.90. The van der Waals surface area contributed by atoms with Gasteiger partial charge in [-0.3, -0.25) is 10.6 Å². The number of rotatable bonds is 0. The number of nitrogens with one attached hydrogen (secondary N) is 2. The summed E-state index contributed by atoms with van der Waals surface area (Å²) in [5.74, 6) is 0. The molecule has 6 bridgehead atoms. The van der Waals surface area contributed by atoms with E-state index in [1.807, 2.05) is 0 Å². The van der Waals surface area contributed by atoms with Crippen molar-refractivity contribution >= 4 is 0 Å². The molecule has 2 N–H and O–H groups in total. The van der Waals surface area contributed by atoms with Crippen LogP contribution in [0.5, 0.6) is 0 Å². The van der Waals surface area contributed by atoms with Crippen LogP contribution in [0, 0.1) is 0 Å². The lowest BCUT2D eigenvalue weighted by atomic mass is 10.3. The Bertz CT molecular complexity index is 194. The maximum atomic E-state index is 5.46. The van der Waals surface area contributed by atoms with E-state index in [1.165, 1.54) is 0 Å². The molecule has 0 saturated carbocycles. The minimum atomic E-state index is -0.377. The van der Waals surface area contributed by atoms with Crippen LogP contribution in [-0.4, -0.2) is 37.5 Å². The second-order valence-corrected chi connectivity index (χ2v) is 3.30. The van der Waals surface area contributed by atoms with Gasteiger partial charge in [-0.15, -0.1) is 0 Å². The zero-order valence-electron chi connectivity index (χ0n) is 6.10. The third-order valence-electron chi connectivity index (χ3n) is 2.55. The van der Waals surface area contributed by atoms with Crippen LogP contribution in [0.25, 0.3) is 0 Å². The third kappa shape index (κ3) is 0.586. The predicted molar refractivity (Wildman–Crippen MR) is 33.3 cm³/mol. The summed E-state index contributed by atoms with van der Waals surface area (Å²) in [5, 5.41) is 6.28. The van der Waals surface area contributed by atoms with Gasteiger partial charge in [0.1, 0.15) is 0 Å². The highest BCUT2D eigenvalue weighted by Crippen LogP contribution is 2.35. The normalized spacial score (nSPS) is 66.0. The van der Waals surface area contributed by atoms with Gasteiger partial charge in [-0.1, -0.05) is 0 Å². The average Bonchev–Trinajstić information content (AvgIpc) is 2.48. The highest BCUT2D eigenvalue weighted by Gasteiger charge is 2.58. The van der Waals surface area contributed by atoms with Crippen LogP contribution in [-0.2, 0) is 18.9 Å². The Kier molecular flexibility index (Phi) is 0.946. The molecule has 66 valence electrons.